The molecule has 0 aromatic carbocycles. The van der Waals surface area contributed by atoms with Crippen LogP contribution in [0, 0.1) is 0 Å². The number of carbonyl (C=O) groups is 1. The van der Waals surface area contributed by atoms with Gasteiger partial charge in [-0.2, -0.15) is 0 Å². The molecule has 1 aromatic rings. The number of pyridine rings is 1. The highest BCUT2D eigenvalue weighted by Crippen LogP contribution is 2.17. The Bertz CT molecular complexity index is 419. The lowest BCUT2D eigenvalue weighted by Crippen LogP contribution is -2.31. The largest absolute Gasteiger partial charge is 0.351 e. The molecule has 100 valence electrons. The molecule has 0 aliphatic carbocycles. The maximum absolute atomic E-state index is 11.9. The van der Waals surface area contributed by atoms with Crippen LogP contribution in [0.2, 0.25) is 5.15 Å². The van der Waals surface area contributed by atoms with Gasteiger partial charge in [0.05, 0.1) is 0 Å². The van der Waals surface area contributed by atoms with Gasteiger partial charge in [0.25, 0.3) is 5.91 Å². The Hall–Kier alpha value is -1.13. The van der Waals surface area contributed by atoms with Crippen LogP contribution < -0.4 is 5.32 Å². The summed E-state index contributed by atoms with van der Waals surface area (Å²) in [7, 11) is 3.93. The van der Waals surface area contributed by atoms with Crippen molar-refractivity contribution in [2.45, 2.75) is 19.8 Å². The molecule has 1 aromatic heterocycles. The Balaban J connectivity index is 2.73. The standard InChI is InChI=1S/C13H20ClN3O/c1-9(2)11-7-10(8-12(14)16-11)13(18)15-5-6-17(3)4/h7-9H,5-6H2,1-4H3,(H,15,18). The van der Waals surface area contributed by atoms with Crippen molar-refractivity contribution in [1.29, 1.82) is 0 Å². The van der Waals surface area contributed by atoms with E-state index >= 15 is 0 Å². The Morgan fingerprint density at radius 1 is 1.44 bits per heavy atom. The van der Waals surface area contributed by atoms with Crippen LogP contribution in [0.3, 0.4) is 0 Å². The number of amides is 1. The molecule has 1 rings (SSSR count). The smallest absolute Gasteiger partial charge is 0.251 e. The first kappa shape index (κ1) is 14.9. The molecule has 5 heteroatoms. The summed E-state index contributed by atoms with van der Waals surface area (Å²) in [6, 6.07) is 3.39. The second kappa shape index (κ2) is 6.71. The zero-order valence-electron chi connectivity index (χ0n) is 11.3. The van der Waals surface area contributed by atoms with Gasteiger partial charge in [-0.1, -0.05) is 25.4 Å². The normalized spacial score (nSPS) is 11.1. The Morgan fingerprint density at radius 3 is 2.67 bits per heavy atom. The van der Waals surface area contributed by atoms with Gasteiger partial charge in [-0.3, -0.25) is 4.79 Å². The van der Waals surface area contributed by atoms with Gasteiger partial charge in [0.15, 0.2) is 0 Å². The molecule has 0 atom stereocenters. The summed E-state index contributed by atoms with van der Waals surface area (Å²) in [6.07, 6.45) is 0. The van der Waals surface area contributed by atoms with Gasteiger partial charge in [0.2, 0.25) is 0 Å². The highest BCUT2D eigenvalue weighted by Gasteiger charge is 2.10. The van der Waals surface area contributed by atoms with Gasteiger partial charge in [-0.05, 0) is 32.1 Å². The lowest BCUT2D eigenvalue weighted by molar-refractivity contribution is 0.0951. The number of carbonyl (C=O) groups excluding carboxylic acids is 1. The summed E-state index contributed by atoms with van der Waals surface area (Å²) in [6.45, 7) is 5.46. The summed E-state index contributed by atoms with van der Waals surface area (Å²) in [5, 5.41) is 3.22. The number of hydrogen-bond acceptors (Lipinski definition) is 3. The number of halogens is 1. The maximum atomic E-state index is 11.9. The third-order valence-corrected chi connectivity index (χ3v) is 2.71. The zero-order chi connectivity index (χ0) is 13.7. The van der Waals surface area contributed by atoms with Crippen LogP contribution in [0.25, 0.3) is 0 Å². The molecular weight excluding hydrogens is 250 g/mol. The van der Waals surface area contributed by atoms with E-state index in [-0.39, 0.29) is 11.8 Å². The SMILES string of the molecule is CC(C)c1cc(C(=O)NCCN(C)C)cc(Cl)n1. The van der Waals surface area contributed by atoms with Crippen LogP contribution in [0.5, 0.6) is 0 Å². The van der Waals surface area contributed by atoms with Crippen molar-refractivity contribution in [3.63, 3.8) is 0 Å². The number of rotatable bonds is 5. The van der Waals surface area contributed by atoms with Crippen molar-refractivity contribution in [3.8, 4) is 0 Å². The first-order valence-electron chi connectivity index (χ1n) is 6.00. The third kappa shape index (κ3) is 4.63. The molecule has 0 radical (unpaired) electrons. The van der Waals surface area contributed by atoms with Crippen LogP contribution >= 0.6 is 11.6 Å². The number of nitrogens with one attached hydrogen (secondary N) is 1. The predicted octanol–water partition coefficient (Wildman–Crippen LogP) is 2.15. The van der Waals surface area contributed by atoms with E-state index in [1.165, 1.54) is 0 Å². The molecule has 0 bridgehead atoms. The topological polar surface area (TPSA) is 45.2 Å². The number of aromatic nitrogens is 1. The molecule has 0 aliphatic rings. The average Bonchev–Trinajstić information content (AvgIpc) is 2.27. The average molecular weight is 270 g/mol. The number of hydrogen-bond donors (Lipinski definition) is 1. The number of likely N-dealkylation sites (N-methyl/N-ethyl adjacent to an activating group) is 1. The summed E-state index contributed by atoms with van der Waals surface area (Å²) in [5.74, 6) is 0.139. The van der Waals surface area contributed by atoms with Gasteiger partial charge in [-0.15, -0.1) is 0 Å². The van der Waals surface area contributed by atoms with Crippen molar-refractivity contribution in [3.05, 3.63) is 28.5 Å². The fourth-order valence-corrected chi connectivity index (χ4v) is 1.65. The van der Waals surface area contributed by atoms with E-state index in [0.717, 1.165) is 12.2 Å². The maximum Gasteiger partial charge on any atom is 0.251 e. The molecule has 4 nitrogen and oxygen atoms in total. The molecule has 1 heterocycles. The molecule has 18 heavy (non-hydrogen) atoms. The quantitative estimate of drug-likeness (QED) is 0.833. The van der Waals surface area contributed by atoms with Crippen molar-refractivity contribution in [2.75, 3.05) is 27.2 Å². The minimum absolute atomic E-state index is 0.108. The molecule has 1 N–H and O–H groups in total. The van der Waals surface area contributed by atoms with E-state index in [1.807, 2.05) is 32.8 Å². The molecule has 0 fully saturated rings. The molecule has 0 saturated carbocycles. The molecule has 0 spiro atoms. The summed E-state index contributed by atoms with van der Waals surface area (Å²) < 4.78 is 0. The van der Waals surface area contributed by atoms with Crippen molar-refractivity contribution < 1.29 is 4.79 Å². The van der Waals surface area contributed by atoms with Gasteiger partial charge >= 0.3 is 0 Å². The highest BCUT2D eigenvalue weighted by atomic mass is 35.5. The fraction of sp³-hybridized carbons (Fsp3) is 0.538. The molecule has 1 amide bonds. The molecule has 0 aliphatic heterocycles. The Labute approximate surface area is 113 Å². The van der Waals surface area contributed by atoms with E-state index in [1.54, 1.807) is 12.1 Å². The first-order chi connectivity index (χ1) is 8.40. The van der Waals surface area contributed by atoms with Crippen molar-refractivity contribution >= 4 is 17.5 Å². The zero-order valence-corrected chi connectivity index (χ0v) is 12.1. The Morgan fingerprint density at radius 2 is 2.11 bits per heavy atom. The first-order valence-corrected chi connectivity index (χ1v) is 6.38. The summed E-state index contributed by atoms with van der Waals surface area (Å²) >= 11 is 5.92. The van der Waals surface area contributed by atoms with Crippen LogP contribution in [0.15, 0.2) is 12.1 Å². The highest BCUT2D eigenvalue weighted by molar-refractivity contribution is 6.29. The predicted molar refractivity (Wildman–Crippen MR) is 74.2 cm³/mol. The van der Waals surface area contributed by atoms with E-state index in [9.17, 15) is 4.79 Å². The summed E-state index contributed by atoms with van der Waals surface area (Å²) in [4.78, 5) is 18.2. The van der Waals surface area contributed by atoms with Gasteiger partial charge in [0, 0.05) is 24.3 Å². The van der Waals surface area contributed by atoms with Crippen LogP contribution in [0.1, 0.15) is 35.8 Å². The third-order valence-electron chi connectivity index (χ3n) is 2.51. The van der Waals surface area contributed by atoms with Crippen molar-refractivity contribution in [1.82, 2.24) is 15.2 Å². The van der Waals surface area contributed by atoms with Crippen molar-refractivity contribution in [2.24, 2.45) is 0 Å². The minimum atomic E-state index is -0.108. The van der Waals surface area contributed by atoms with E-state index in [0.29, 0.717) is 17.3 Å². The van der Waals surface area contributed by atoms with Gasteiger partial charge in [-0.25, -0.2) is 4.98 Å². The molecule has 0 unspecified atom stereocenters. The summed E-state index contributed by atoms with van der Waals surface area (Å²) in [5.41, 5.74) is 1.40. The molecular formula is C13H20ClN3O. The van der Waals surface area contributed by atoms with Crippen LogP contribution in [0.4, 0.5) is 0 Å². The lowest BCUT2D eigenvalue weighted by Gasteiger charge is -2.11. The Kier molecular flexibility index (Phi) is 5.56. The van der Waals surface area contributed by atoms with E-state index < -0.39 is 0 Å². The van der Waals surface area contributed by atoms with Crippen LogP contribution in [-0.2, 0) is 0 Å². The second-order valence-corrected chi connectivity index (χ2v) is 5.20. The van der Waals surface area contributed by atoms with Crippen LogP contribution in [-0.4, -0.2) is 43.0 Å². The van der Waals surface area contributed by atoms with E-state index in [4.69, 9.17) is 11.6 Å². The second-order valence-electron chi connectivity index (χ2n) is 4.82. The monoisotopic (exact) mass is 269 g/mol. The van der Waals surface area contributed by atoms with Gasteiger partial charge in [0.1, 0.15) is 5.15 Å². The minimum Gasteiger partial charge on any atom is -0.351 e. The lowest BCUT2D eigenvalue weighted by atomic mass is 10.1. The van der Waals surface area contributed by atoms with E-state index in [2.05, 4.69) is 10.3 Å². The van der Waals surface area contributed by atoms with Gasteiger partial charge < -0.3 is 10.2 Å². The number of nitrogens with zero attached hydrogens (tertiary/aromatic N) is 2. The molecule has 0 saturated heterocycles. The fourth-order valence-electron chi connectivity index (χ4n) is 1.44.